The second kappa shape index (κ2) is 6.50. The third-order valence-corrected chi connectivity index (χ3v) is 6.03. The van der Waals surface area contributed by atoms with Gasteiger partial charge in [-0.25, -0.2) is 8.42 Å². The second-order valence-electron chi connectivity index (χ2n) is 6.55. The fourth-order valence-electron chi connectivity index (χ4n) is 2.21. The monoisotopic (exact) mass is 315 g/mol. The highest BCUT2D eigenvalue weighted by atomic mass is 32.2. The summed E-state index contributed by atoms with van der Waals surface area (Å²) in [5.41, 5.74) is 0.874. The normalized spacial score (nSPS) is 14.7. The minimum absolute atomic E-state index is 0.0831. The van der Waals surface area contributed by atoms with Gasteiger partial charge in [0.2, 0.25) is 10.0 Å². The predicted molar refractivity (Wildman–Crippen MR) is 86.7 cm³/mol. The van der Waals surface area contributed by atoms with Crippen molar-refractivity contribution in [2.24, 2.45) is 5.41 Å². The molecule has 5 nitrogen and oxygen atoms in total. The van der Waals surface area contributed by atoms with E-state index in [-0.39, 0.29) is 11.5 Å². The molecular formula is C15H29N3O2S. The van der Waals surface area contributed by atoms with Gasteiger partial charge in [-0.3, -0.25) is 0 Å². The average Bonchev–Trinajstić information content (AvgIpc) is 2.80. The van der Waals surface area contributed by atoms with Crippen molar-refractivity contribution in [1.29, 1.82) is 0 Å². The van der Waals surface area contributed by atoms with Crippen molar-refractivity contribution in [3.63, 3.8) is 0 Å². The summed E-state index contributed by atoms with van der Waals surface area (Å²) in [5, 5.41) is 3.07. The number of hydrogen-bond donors (Lipinski definition) is 1. The van der Waals surface area contributed by atoms with Crippen LogP contribution in [0.25, 0.3) is 0 Å². The Morgan fingerprint density at radius 3 is 2.38 bits per heavy atom. The van der Waals surface area contributed by atoms with E-state index in [0.29, 0.717) is 11.4 Å². The highest BCUT2D eigenvalue weighted by Crippen LogP contribution is 2.28. The molecule has 0 bridgehead atoms. The topological polar surface area (TPSA) is 54.3 Å². The van der Waals surface area contributed by atoms with Gasteiger partial charge in [0.05, 0.1) is 0 Å². The van der Waals surface area contributed by atoms with Gasteiger partial charge in [0.15, 0.2) is 0 Å². The van der Waals surface area contributed by atoms with E-state index in [0.717, 1.165) is 12.2 Å². The SMILES string of the molecule is CCn1cc(S(=O)(=O)N(C)C(C)C(C)(C)C)cc1CNC. The van der Waals surface area contributed by atoms with Crippen LogP contribution in [-0.2, 0) is 23.1 Å². The first-order valence-corrected chi connectivity index (χ1v) is 8.81. The molecule has 1 N–H and O–H groups in total. The van der Waals surface area contributed by atoms with E-state index < -0.39 is 10.0 Å². The van der Waals surface area contributed by atoms with Crippen LogP contribution in [-0.4, -0.2) is 37.4 Å². The summed E-state index contributed by atoms with van der Waals surface area (Å²) in [6.07, 6.45) is 1.73. The van der Waals surface area contributed by atoms with Crippen molar-refractivity contribution in [2.45, 2.75) is 58.6 Å². The van der Waals surface area contributed by atoms with Gasteiger partial charge in [-0.05, 0) is 32.4 Å². The number of hydrogen-bond acceptors (Lipinski definition) is 3. The van der Waals surface area contributed by atoms with E-state index in [1.807, 2.05) is 46.2 Å². The number of nitrogens with zero attached hydrogens (tertiary/aromatic N) is 2. The number of aromatic nitrogens is 1. The third-order valence-electron chi connectivity index (χ3n) is 4.14. The molecule has 1 atom stereocenters. The molecule has 0 amide bonds. The van der Waals surface area contributed by atoms with Crippen LogP contribution in [0.3, 0.4) is 0 Å². The molecule has 1 heterocycles. The number of nitrogens with one attached hydrogen (secondary N) is 1. The summed E-state index contributed by atoms with van der Waals surface area (Å²) < 4.78 is 29.0. The molecule has 1 aromatic heterocycles. The molecule has 21 heavy (non-hydrogen) atoms. The Morgan fingerprint density at radius 1 is 1.38 bits per heavy atom. The van der Waals surface area contributed by atoms with Gasteiger partial charge < -0.3 is 9.88 Å². The highest BCUT2D eigenvalue weighted by Gasteiger charge is 2.33. The van der Waals surface area contributed by atoms with Gasteiger partial charge in [0.25, 0.3) is 0 Å². The maximum Gasteiger partial charge on any atom is 0.244 e. The van der Waals surface area contributed by atoms with Crippen LogP contribution in [0, 0.1) is 5.41 Å². The van der Waals surface area contributed by atoms with Gasteiger partial charge in [-0.15, -0.1) is 0 Å². The van der Waals surface area contributed by atoms with Crippen LogP contribution in [0.2, 0.25) is 0 Å². The molecule has 0 spiro atoms. The lowest BCUT2D eigenvalue weighted by Crippen LogP contribution is -2.42. The molecule has 0 aliphatic heterocycles. The Balaban J connectivity index is 3.19. The van der Waals surface area contributed by atoms with Crippen molar-refractivity contribution < 1.29 is 8.42 Å². The molecule has 1 aromatic rings. The predicted octanol–water partition coefficient (Wildman–Crippen LogP) is 2.28. The Kier molecular flexibility index (Phi) is 5.63. The molecule has 1 rings (SSSR count). The molecule has 0 aromatic carbocycles. The Labute approximate surface area is 129 Å². The summed E-state index contributed by atoms with van der Waals surface area (Å²) in [6, 6.07) is 1.68. The van der Waals surface area contributed by atoms with Gasteiger partial charge in [-0.1, -0.05) is 20.8 Å². The molecule has 0 aliphatic carbocycles. The van der Waals surface area contributed by atoms with Gasteiger partial charge >= 0.3 is 0 Å². The van der Waals surface area contributed by atoms with Crippen molar-refractivity contribution in [3.8, 4) is 0 Å². The largest absolute Gasteiger partial charge is 0.349 e. The minimum atomic E-state index is -3.47. The van der Waals surface area contributed by atoms with Crippen molar-refractivity contribution in [1.82, 2.24) is 14.2 Å². The number of sulfonamides is 1. The smallest absolute Gasteiger partial charge is 0.244 e. The molecule has 6 heteroatoms. The first kappa shape index (κ1) is 18.2. The molecule has 0 saturated carbocycles. The highest BCUT2D eigenvalue weighted by molar-refractivity contribution is 7.89. The Bertz CT molecular complexity index is 570. The van der Waals surface area contributed by atoms with Crippen LogP contribution in [0.4, 0.5) is 0 Å². The van der Waals surface area contributed by atoms with Crippen LogP contribution in [0.5, 0.6) is 0 Å². The van der Waals surface area contributed by atoms with Crippen molar-refractivity contribution in [2.75, 3.05) is 14.1 Å². The zero-order valence-electron chi connectivity index (χ0n) is 14.3. The van der Waals surface area contributed by atoms with Gasteiger partial charge in [-0.2, -0.15) is 4.31 Å². The van der Waals surface area contributed by atoms with Crippen LogP contribution >= 0.6 is 0 Å². The summed E-state index contributed by atoms with van der Waals surface area (Å²) in [4.78, 5) is 0.369. The summed E-state index contributed by atoms with van der Waals surface area (Å²) in [7, 11) is 0.0484. The van der Waals surface area contributed by atoms with Gasteiger partial charge in [0.1, 0.15) is 4.90 Å². The zero-order chi connectivity index (χ0) is 16.4. The quantitative estimate of drug-likeness (QED) is 0.876. The zero-order valence-corrected chi connectivity index (χ0v) is 15.1. The van der Waals surface area contributed by atoms with Crippen LogP contribution in [0.1, 0.15) is 40.3 Å². The fourth-order valence-corrected chi connectivity index (χ4v) is 3.82. The second-order valence-corrected chi connectivity index (χ2v) is 8.54. The third kappa shape index (κ3) is 3.87. The fraction of sp³-hybridized carbons (Fsp3) is 0.733. The van der Waals surface area contributed by atoms with Crippen LogP contribution in [0.15, 0.2) is 17.2 Å². The molecule has 0 fully saturated rings. The lowest BCUT2D eigenvalue weighted by molar-refractivity contribution is 0.216. The Hall–Kier alpha value is -0.850. The van der Waals surface area contributed by atoms with Gasteiger partial charge in [0, 0.05) is 38.1 Å². The number of aryl methyl sites for hydroxylation is 1. The maximum atomic E-state index is 12.8. The first-order chi connectivity index (χ1) is 9.55. The Morgan fingerprint density at radius 2 is 1.95 bits per heavy atom. The number of rotatable bonds is 6. The lowest BCUT2D eigenvalue weighted by Gasteiger charge is -2.34. The van der Waals surface area contributed by atoms with E-state index in [1.54, 1.807) is 19.3 Å². The maximum absolute atomic E-state index is 12.8. The standard InChI is InChI=1S/C15H29N3O2S/c1-8-18-11-14(9-13(18)10-16-6)21(19,20)17(7)12(2)15(3,4)5/h9,11-12,16H,8,10H2,1-7H3. The van der Waals surface area contributed by atoms with Crippen molar-refractivity contribution >= 4 is 10.0 Å². The molecular weight excluding hydrogens is 286 g/mol. The lowest BCUT2D eigenvalue weighted by atomic mass is 9.88. The first-order valence-electron chi connectivity index (χ1n) is 7.37. The molecule has 122 valence electrons. The van der Waals surface area contributed by atoms with E-state index in [9.17, 15) is 8.42 Å². The van der Waals surface area contributed by atoms with E-state index in [4.69, 9.17) is 0 Å². The van der Waals surface area contributed by atoms with E-state index in [1.165, 1.54) is 4.31 Å². The van der Waals surface area contributed by atoms with E-state index in [2.05, 4.69) is 5.32 Å². The minimum Gasteiger partial charge on any atom is -0.349 e. The average molecular weight is 315 g/mol. The van der Waals surface area contributed by atoms with E-state index >= 15 is 0 Å². The summed E-state index contributed by atoms with van der Waals surface area (Å²) in [5.74, 6) is 0. The summed E-state index contributed by atoms with van der Waals surface area (Å²) in [6.45, 7) is 11.5. The summed E-state index contributed by atoms with van der Waals surface area (Å²) >= 11 is 0. The van der Waals surface area contributed by atoms with Crippen molar-refractivity contribution in [3.05, 3.63) is 18.0 Å². The molecule has 1 unspecified atom stereocenters. The molecule has 0 radical (unpaired) electrons. The molecule has 0 aliphatic rings. The molecule has 0 saturated heterocycles. The van der Waals surface area contributed by atoms with Crippen LogP contribution < -0.4 is 5.32 Å².